The van der Waals surface area contributed by atoms with Crippen LogP contribution >= 0.6 is 0 Å². The number of amides is 1. The van der Waals surface area contributed by atoms with Gasteiger partial charge in [0.1, 0.15) is 35.2 Å². The van der Waals surface area contributed by atoms with Gasteiger partial charge in [-0.2, -0.15) is 10.4 Å². The number of ether oxygens (including phenoxy) is 1. The number of carbonyl (C=O) groups is 1. The van der Waals surface area contributed by atoms with Crippen molar-refractivity contribution in [1.82, 2.24) is 34.9 Å². The number of rotatable bonds is 8. The van der Waals surface area contributed by atoms with Gasteiger partial charge in [-0.05, 0) is 43.5 Å². The van der Waals surface area contributed by atoms with Gasteiger partial charge in [-0.15, -0.1) is 0 Å². The Morgan fingerprint density at radius 3 is 2.64 bits per heavy atom. The van der Waals surface area contributed by atoms with Gasteiger partial charge in [-0.25, -0.2) is 19.0 Å². The molecular weight excluding hydrogens is 573 g/mol. The monoisotopic (exact) mass is 609 g/mol. The molecule has 0 bridgehead atoms. The minimum Gasteiger partial charge on any atom is -0.457 e. The molecule has 0 spiro atoms. The molecule has 1 atom stereocenters. The van der Waals surface area contributed by atoms with Crippen LogP contribution < -0.4 is 15.8 Å². The summed E-state index contributed by atoms with van der Waals surface area (Å²) >= 11 is 0. The quantitative estimate of drug-likeness (QED) is 0.273. The van der Waals surface area contributed by atoms with Crippen LogP contribution in [0.15, 0.2) is 66.1 Å². The van der Waals surface area contributed by atoms with Gasteiger partial charge in [-0.1, -0.05) is 25.1 Å². The number of benzene rings is 2. The summed E-state index contributed by atoms with van der Waals surface area (Å²) < 4.78 is 23.2. The predicted octanol–water partition coefficient (Wildman–Crippen LogP) is 4.65. The van der Waals surface area contributed by atoms with Gasteiger partial charge in [0.05, 0.1) is 29.5 Å². The van der Waals surface area contributed by atoms with Gasteiger partial charge < -0.3 is 25.6 Å². The number of hydrogen-bond donors (Lipinski definition) is 2. The molecule has 3 N–H and O–H groups in total. The van der Waals surface area contributed by atoms with Crippen molar-refractivity contribution in [1.29, 1.82) is 5.26 Å². The molecule has 45 heavy (non-hydrogen) atoms. The number of halogens is 1. The molecule has 2 fully saturated rings. The number of fused-ring (bicyclic) bond motifs is 1. The van der Waals surface area contributed by atoms with E-state index in [9.17, 15) is 10.1 Å². The van der Waals surface area contributed by atoms with Crippen molar-refractivity contribution in [2.24, 2.45) is 0 Å². The van der Waals surface area contributed by atoms with Crippen LogP contribution in [0.25, 0.3) is 22.3 Å². The SMILES string of the molecule is CCC(=C(C#N)CC(=O)N1CCC[C@H](n2nc(-c3ccc(Oc4ccccc4)cc3F)c3c(N)ncnc32)C1)N1CCNCC1. The fraction of sp³-hybridized carbons (Fsp3) is 0.364. The number of carbonyl (C=O) groups excluding carboxylic acids is 1. The maximum atomic E-state index is 15.6. The summed E-state index contributed by atoms with van der Waals surface area (Å²) in [4.78, 5) is 26.2. The van der Waals surface area contributed by atoms with E-state index in [1.165, 1.54) is 12.4 Å². The Kier molecular flexibility index (Phi) is 8.89. The second-order valence-corrected chi connectivity index (χ2v) is 11.2. The summed E-state index contributed by atoms with van der Waals surface area (Å²) in [5, 5.41) is 18.6. The van der Waals surface area contributed by atoms with Crippen LogP contribution in [0, 0.1) is 17.1 Å². The van der Waals surface area contributed by atoms with Gasteiger partial charge in [-0.3, -0.25) is 4.79 Å². The zero-order valence-electron chi connectivity index (χ0n) is 25.2. The number of nitrogen functional groups attached to an aromatic ring is 1. The normalized spacial score (nSPS) is 17.6. The average Bonchev–Trinajstić information content (AvgIpc) is 3.46. The first-order valence-corrected chi connectivity index (χ1v) is 15.3. The van der Waals surface area contributed by atoms with Crippen LogP contribution in [-0.2, 0) is 4.79 Å². The molecule has 1 amide bonds. The van der Waals surface area contributed by atoms with E-state index >= 15 is 4.39 Å². The van der Waals surface area contributed by atoms with E-state index in [0.717, 1.165) is 44.7 Å². The zero-order valence-corrected chi connectivity index (χ0v) is 25.2. The third-order valence-corrected chi connectivity index (χ3v) is 8.43. The number of aromatic nitrogens is 4. The first-order valence-electron chi connectivity index (χ1n) is 15.3. The van der Waals surface area contributed by atoms with E-state index in [-0.39, 0.29) is 29.8 Å². The molecule has 0 unspecified atom stereocenters. The minimum atomic E-state index is -0.522. The van der Waals surface area contributed by atoms with E-state index in [1.54, 1.807) is 33.8 Å². The summed E-state index contributed by atoms with van der Waals surface area (Å²) in [6.07, 6.45) is 3.61. The van der Waals surface area contributed by atoms with Gasteiger partial charge >= 0.3 is 0 Å². The lowest BCUT2D eigenvalue weighted by Crippen LogP contribution is -2.43. The van der Waals surface area contributed by atoms with Crippen LogP contribution in [0.3, 0.4) is 0 Å². The first kappa shape index (κ1) is 30.0. The molecular formula is C33H36FN9O2. The number of nitrogens with two attached hydrogens (primary N) is 1. The highest BCUT2D eigenvalue weighted by molar-refractivity contribution is 5.98. The molecule has 6 rings (SSSR count). The van der Waals surface area contributed by atoms with Gasteiger partial charge in [0.25, 0.3) is 0 Å². The highest BCUT2D eigenvalue weighted by Crippen LogP contribution is 2.36. The Morgan fingerprint density at radius 2 is 1.91 bits per heavy atom. The number of nitrogens with one attached hydrogen (secondary N) is 1. The lowest BCUT2D eigenvalue weighted by molar-refractivity contribution is -0.132. The number of hydrogen-bond acceptors (Lipinski definition) is 9. The lowest BCUT2D eigenvalue weighted by Gasteiger charge is -2.34. The van der Waals surface area contributed by atoms with Crippen LogP contribution in [0.1, 0.15) is 38.6 Å². The number of anilines is 1. The maximum Gasteiger partial charge on any atom is 0.227 e. The summed E-state index contributed by atoms with van der Waals surface area (Å²) in [7, 11) is 0. The number of piperidine rings is 1. The molecule has 12 heteroatoms. The van der Waals surface area contributed by atoms with Crippen LogP contribution in [0.2, 0.25) is 0 Å². The zero-order chi connectivity index (χ0) is 31.3. The van der Waals surface area contributed by atoms with Gasteiger partial charge in [0, 0.05) is 56.6 Å². The van der Waals surface area contributed by atoms with Crippen LogP contribution in [0.4, 0.5) is 10.2 Å². The van der Waals surface area contributed by atoms with E-state index < -0.39 is 5.82 Å². The summed E-state index contributed by atoms with van der Waals surface area (Å²) in [6.45, 7) is 6.34. The van der Waals surface area contributed by atoms with Crippen LogP contribution in [-0.4, -0.2) is 74.7 Å². The van der Waals surface area contributed by atoms with Crippen molar-refractivity contribution < 1.29 is 13.9 Å². The van der Waals surface area contributed by atoms with Gasteiger partial charge in [0.2, 0.25) is 5.91 Å². The summed E-state index contributed by atoms with van der Waals surface area (Å²) in [5.74, 6) is 0.526. The third-order valence-electron chi connectivity index (χ3n) is 8.43. The predicted molar refractivity (Wildman–Crippen MR) is 168 cm³/mol. The van der Waals surface area contributed by atoms with Crippen molar-refractivity contribution in [3.8, 4) is 28.8 Å². The molecule has 2 aromatic heterocycles. The lowest BCUT2D eigenvalue weighted by atomic mass is 10.0. The topological polar surface area (TPSA) is 138 Å². The number of likely N-dealkylation sites (tertiary alicyclic amines) is 1. The maximum absolute atomic E-state index is 15.6. The molecule has 2 saturated heterocycles. The smallest absolute Gasteiger partial charge is 0.227 e. The highest BCUT2D eigenvalue weighted by Gasteiger charge is 2.30. The largest absolute Gasteiger partial charge is 0.457 e. The van der Waals surface area contributed by atoms with E-state index in [0.29, 0.717) is 53.3 Å². The molecule has 0 aliphatic carbocycles. The molecule has 4 aromatic rings. The molecule has 2 aliphatic rings. The fourth-order valence-electron chi connectivity index (χ4n) is 6.23. The van der Waals surface area contributed by atoms with Crippen molar-refractivity contribution in [2.75, 3.05) is 45.0 Å². The van der Waals surface area contributed by atoms with Crippen molar-refractivity contribution in [3.63, 3.8) is 0 Å². The molecule has 0 saturated carbocycles. The summed E-state index contributed by atoms with van der Waals surface area (Å²) in [6, 6.07) is 15.9. The first-order chi connectivity index (χ1) is 22.0. The number of allylic oxidation sites excluding steroid dienone is 1. The number of nitrogens with zero attached hydrogens (tertiary/aromatic N) is 7. The molecule has 232 valence electrons. The minimum absolute atomic E-state index is 0.0547. The Bertz CT molecular complexity index is 1760. The van der Waals surface area contributed by atoms with E-state index in [4.69, 9.17) is 15.6 Å². The van der Waals surface area contributed by atoms with Gasteiger partial charge in [0.15, 0.2) is 5.65 Å². The molecule has 2 aliphatic heterocycles. The highest BCUT2D eigenvalue weighted by atomic mass is 19.1. The molecule has 11 nitrogen and oxygen atoms in total. The number of para-hydroxylation sites is 1. The fourth-order valence-corrected chi connectivity index (χ4v) is 6.23. The molecule has 4 heterocycles. The Labute approximate surface area is 261 Å². The van der Waals surface area contributed by atoms with Crippen molar-refractivity contribution in [2.45, 2.75) is 38.6 Å². The van der Waals surface area contributed by atoms with Crippen molar-refractivity contribution >= 4 is 22.8 Å². The number of piperazine rings is 1. The second-order valence-electron chi connectivity index (χ2n) is 11.2. The third kappa shape index (κ3) is 6.30. The second kappa shape index (κ2) is 13.3. The Balaban J connectivity index is 1.26. The summed E-state index contributed by atoms with van der Waals surface area (Å²) in [5.41, 5.74) is 8.82. The Hall–Kier alpha value is -5.02. The molecule has 0 radical (unpaired) electrons. The van der Waals surface area contributed by atoms with Crippen LogP contribution in [0.5, 0.6) is 11.5 Å². The average molecular weight is 610 g/mol. The Morgan fingerprint density at radius 1 is 1.11 bits per heavy atom. The molecule has 2 aromatic carbocycles. The van der Waals surface area contributed by atoms with E-state index in [2.05, 4.69) is 26.3 Å². The van der Waals surface area contributed by atoms with Crippen molar-refractivity contribution in [3.05, 3.63) is 71.9 Å². The number of nitriles is 1. The van der Waals surface area contributed by atoms with E-state index in [1.807, 2.05) is 25.1 Å². The standard InChI is InChI=1S/C33H36FN9O2/c1-2-28(41-15-12-37-13-16-41)22(19-35)17-29(44)42-14-6-7-23(20-42)43-33-30(32(36)38-21-39-33)31(40-43)26-11-10-25(18-27(26)34)45-24-8-4-3-5-9-24/h3-5,8-11,18,21,23,37H,2,6-7,12-17,20H2,1H3,(H2,36,38,39)/t23-/m0/s1.